The molecule has 1 aromatic carbocycles. The van der Waals surface area contributed by atoms with Crippen LogP contribution in [0, 0.1) is 5.82 Å². The molecule has 0 heterocycles. The molecule has 0 bridgehead atoms. The summed E-state index contributed by atoms with van der Waals surface area (Å²) in [5.74, 6) is -0.337. The molecule has 0 aliphatic rings. The lowest BCUT2D eigenvalue weighted by atomic mass is 10.0. The molecule has 0 aromatic heterocycles. The summed E-state index contributed by atoms with van der Waals surface area (Å²) in [4.78, 5) is 0. The normalized spacial score (nSPS) is 12.5. The lowest BCUT2D eigenvalue weighted by molar-refractivity contribution is 0.619. The van der Waals surface area contributed by atoms with Gasteiger partial charge in [-0.15, -0.1) is 6.58 Å². The van der Waals surface area contributed by atoms with E-state index in [-0.39, 0.29) is 11.9 Å². The lowest BCUT2D eigenvalue weighted by Crippen LogP contribution is -2.10. The van der Waals surface area contributed by atoms with Crippen LogP contribution in [0.3, 0.4) is 0 Å². The van der Waals surface area contributed by atoms with Gasteiger partial charge in [-0.05, 0) is 37.5 Å². The molecule has 3 heteroatoms. The maximum Gasteiger partial charge on any atom is 0.124 e. The van der Waals surface area contributed by atoms with Crippen molar-refractivity contribution in [3.8, 4) is 0 Å². The highest BCUT2D eigenvalue weighted by Crippen LogP contribution is 2.25. The minimum Gasteiger partial charge on any atom is -0.324 e. The molecule has 1 nitrogen and oxygen atoms in total. The second kappa shape index (κ2) is 5.29. The van der Waals surface area contributed by atoms with E-state index in [2.05, 4.69) is 6.58 Å². The number of nitrogens with two attached hydrogens (primary N) is 1. The third-order valence-corrected chi connectivity index (χ3v) is 2.57. The summed E-state index contributed by atoms with van der Waals surface area (Å²) < 4.78 is 12.8. The Morgan fingerprint density at radius 3 is 2.80 bits per heavy atom. The fourth-order valence-corrected chi connectivity index (χ4v) is 1.67. The van der Waals surface area contributed by atoms with E-state index < -0.39 is 0 Å². The van der Waals surface area contributed by atoms with Crippen molar-refractivity contribution in [3.63, 3.8) is 0 Å². The van der Waals surface area contributed by atoms with Gasteiger partial charge in [-0.3, -0.25) is 0 Å². The van der Waals surface area contributed by atoms with E-state index in [1.54, 1.807) is 6.07 Å². The third-order valence-electron chi connectivity index (χ3n) is 2.24. The molecular weight excluding hydrogens is 213 g/mol. The first-order valence-electron chi connectivity index (χ1n) is 4.85. The number of allylic oxidation sites excluding steroid dienone is 1. The van der Waals surface area contributed by atoms with Gasteiger partial charge in [0.2, 0.25) is 0 Å². The Bertz CT molecular complexity index is 363. The first-order chi connectivity index (χ1) is 7.00. The predicted octanol–water partition coefficient (Wildman–Crippen LogP) is 3.84. The van der Waals surface area contributed by atoms with Gasteiger partial charge in [0.1, 0.15) is 5.82 Å². The molecule has 1 atom stereocenters. The zero-order chi connectivity index (χ0) is 11.4. The molecule has 0 aliphatic heterocycles. The minimum absolute atomic E-state index is 0.158. The van der Waals surface area contributed by atoms with Crippen LogP contribution >= 0.6 is 11.6 Å². The molecule has 0 aliphatic carbocycles. The molecule has 15 heavy (non-hydrogen) atoms. The van der Waals surface area contributed by atoms with E-state index in [1.807, 2.05) is 6.92 Å². The zero-order valence-electron chi connectivity index (χ0n) is 8.76. The van der Waals surface area contributed by atoms with Crippen molar-refractivity contribution in [3.05, 3.63) is 46.8 Å². The Morgan fingerprint density at radius 2 is 2.27 bits per heavy atom. The average molecular weight is 228 g/mol. The van der Waals surface area contributed by atoms with Gasteiger partial charge >= 0.3 is 0 Å². The third kappa shape index (κ3) is 3.65. The topological polar surface area (TPSA) is 26.0 Å². The van der Waals surface area contributed by atoms with E-state index in [0.717, 1.165) is 24.0 Å². The summed E-state index contributed by atoms with van der Waals surface area (Å²) in [5, 5.41) is 0.393. The van der Waals surface area contributed by atoms with Gasteiger partial charge in [0.25, 0.3) is 0 Å². The van der Waals surface area contributed by atoms with Crippen LogP contribution in [-0.2, 0) is 0 Å². The molecule has 0 saturated heterocycles. The van der Waals surface area contributed by atoms with Crippen LogP contribution in [0.15, 0.2) is 30.4 Å². The van der Waals surface area contributed by atoms with Gasteiger partial charge in [-0.25, -0.2) is 4.39 Å². The molecule has 0 radical (unpaired) electrons. The molecule has 1 aromatic rings. The van der Waals surface area contributed by atoms with E-state index in [1.165, 1.54) is 12.1 Å². The van der Waals surface area contributed by atoms with Crippen LogP contribution in [0.4, 0.5) is 4.39 Å². The molecule has 0 amide bonds. The highest BCUT2D eigenvalue weighted by atomic mass is 35.5. The van der Waals surface area contributed by atoms with Crippen molar-refractivity contribution in [1.29, 1.82) is 0 Å². The second-order valence-corrected chi connectivity index (χ2v) is 4.18. The van der Waals surface area contributed by atoms with Crippen molar-refractivity contribution >= 4 is 11.6 Å². The second-order valence-electron chi connectivity index (χ2n) is 3.77. The maximum atomic E-state index is 12.8. The highest BCUT2D eigenvalue weighted by molar-refractivity contribution is 6.31. The number of hydrogen-bond acceptors (Lipinski definition) is 1. The Hall–Kier alpha value is -0.860. The van der Waals surface area contributed by atoms with Crippen molar-refractivity contribution < 1.29 is 4.39 Å². The van der Waals surface area contributed by atoms with E-state index >= 15 is 0 Å². The van der Waals surface area contributed by atoms with Crippen molar-refractivity contribution in [2.75, 3.05) is 0 Å². The molecule has 82 valence electrons. The van der Waals surface area contributed by atoms with Crippen LogP contribution in [0.2, 0.25) is 5.02 Å². The largest absolute Gasteiger partial charge is 0.324 e. The van der Waals surface area contributed by atoms with Gasteiger partial charge in [-0.1, -0.05) is 23.2 Å². The molecule has 1 unspecified atom stereocenters. The monoisotopic (exact) mass is 227 g/mol. The number of benzene rings is 1. The Labute approximate surface area is 94.7 Å². The zero-order valence-corrected chi connectivity index (χ0v) is 9.52. The molecular formula is C12H15ClFN. The molecule has 0 saturated carbocycles. The molecule has 1 rings (SSSR count). The van der Waals surface area contributed by atoms with E-state index in [9.17, 15) is 4.39 Å². The summed E-state index contributed by atoms with van der Waals surface area (Å²) in [6.45, 7) is 5.77. The summed E-state index contributed by atoms with van der Waals surface area (Å²) >= 11 is 5.90. The van der Waals surface area contributed by atoms with Crippen LogP contribution in [-0.4, -0.2) is 0 Å². The fourth-order valence-electron chi connectivity index (χ4n) is 1.36. The number of rotatable bonds is 4. The van der Waals surface area contributed by atoms with Crippen LogP contribution in [0.25, 0.3) is 0 Å². The van der Waals surface area contributed by atoms with Crippen molar-refractivity contribution in [1.82, 2.24) is 0 Å². The van der Waals surface area contributed by atoms with Gasteiger partial charge in [0.15, 0.2) is 0 Å². The molecule has 0 spiro atoms. The van der Waals surface area contributed by atoms with Crippen molar-refractivity contribution in [2.24, 2.45) is 5.73 Å². The molecule has 2 N–H and O–H groups in total. The smallest absolute Gasteiger partial charge is 0.124 e. The summed E-state index contributed by atoms with van der Waals surface area (Å²) in [7, 11) is 0. The number of hydrogen-bond donors (Lipinski definition) is 1. The lowest BCUT2D eigenvalue weighted by Gasteiger charge is -2.13. The summed E-state index contributed by atoms with van der Waals surface area (Å²) in [6.07, 6.45) is 1.63. The Morgan fingerprint density at radius 1 is 1.60 bits per heavy atom. The highest BCUT2D eigenvalue weighted by Gasteiger charge is 2.10. The van der Waals surface area contributed by atoms with Gasteiger partial charge in [0.05, 0.1) is 0 Å². The standard InChI is InChI=1S/C12H15ClFN/c1-8(2)3-6-12(15)10-5-4-9(14)7-11(10)13/h4-5,7,12H,1,3,6,15H2,2H3. The fraction of sp³-hybridized carbons (Fsp3) is 0.333. The predicted molar refractivity (Wildman–Crippen MR) is 62.4 cm³/mol. The number of halogens is 2. The SMILES string of the molecule is C=C(C)CCC(N)c1ccc(F)cc1Cl. The van der Waals surface area contributed by atoms with E-state index in [4.69, 9.17) is 17.3 Å². The summed E-state index contributed by atoms with van der Waals surface area (Å²) in [5.41, 5.74) is 7.82. The van der Waals surface area contributed by atoms with Crippen LogP contribution in [0.1, 0.15) is 31.4 Å². The molecule has 0 fully saturated rings. The Kier molecular flexibility index (Phi) is 4.30. The van der Waals surface area contributed by atoms with Gasteiger partial charge in [-0.2, -0.15) is 0 Å². The van der Waals surface area contributed by atoms with Crippen LogP contribution in [0.5, 0.6) is 0 Å². The maximum absolute atomic E-state index is 12.8. The van der Waals surface area contributed by atoms with Crippen molar-refractivity contribution in [2.45, 2.75) is 25.8 Å². The minimum atomic E-state index is -0.337. The first-order valence-corrected chi connectivity index (χ1v) is 5.23. The van der Waals surface area contributed by atoms with Crippen LogP contribution < -0.4 is 5.73 Å². The van der Waals surface area contributed by atoms with Gasteiger partial charge < -0.3 is 5.73 Å². The first kappa shape index (κ1) is 12.2. The van der Waals surface area contributed by atoms with Gasteiger partial charge in [0, 0.05) is 11.1 Å². The summed E-state index contributed by atoms with van der Waals surface area (Å²) in [6, 6.07) is 4.15. The van der Waals surface area contributed by atoms with E-state index in [0.29, 0.717) is 5.02 Å². The Balaban J connectivity index is 2.73. The average Bonchev–Trinajstić information content (AvgIpc) is 2.14. The quantitative estimate of drug-likeness (QED) is 0.778.